The molecule has 1 rings (SSSR count). The van der Waals surface area contributed by atoms with Crippen molar-refractivity contribution < 1.29 is 19.7 Å². The number of nitrogens with two attached hydrogens (primary N) is 1. The third kappa shape index (κ3) is 2.60. The maximum Gasteiger partial charge on any atom is 0.249 e. The molecular formula is C9H11ClN2O4. The lowest BCUT2D eigenvalue weighted by Crippen LogP contribution is -2.34. The molecule has 6 nitrogen and oxygen atoms in total. The van der Waals surface area contributed by atoms with E-state index in [2.05, 4.69) is 4.98 Å². The van der Waals surface area contributed by atoms with Gasteiger partial charge in [-0.3, -0.25) is 4.79 Å². The molecule has 1 aromatic rings. The zero-order valence-corrected chi connectivity index (χ0v) is 9.18. The second-order valence-corrected chi connectivity index (χ2v) is 3.48. The SMILES string of the molecule is COc1ncc(Cl)cc1C(O)C(O)C(N)=O. The number of hydrogen-bond acceptors (Lipinski definition) is 5. The Labute approximate surface area is 96.6 Å². The molecule has 0 spiro atoms. The van der Waals surface area contributed by atoms with Crippen molar-refractivity contribution in [2.75, 3.05) is 7.11 Å². The summed E-state index contributed by atoms with van der Waals surface area (Å²) < 4.78 is 4.86. The van der Waals surface area contributed by atoms with Crippen LogP contribution in [0.1, 0.15) is 11.7 Å². The predicted molar refractivity (Wildman–Crippen MR) is 56.0 cm³/mol. The first-order valence-electron chi connectivity index (χ1n) is 4.32. The van der Waals surface area contributed by atoms with Crippen LogP contribution < -0.4 is 10.5 Å². The van der Waals surface area contributed by atoms with Crippen molar-refractivity contribution in [2.45, 2.75) is 12.2 Å². The molecule has 0 radical (unpaired) electrons. The minimum atomic E-state index is -1.74. The molecule has 1 aromatic heterocycles. The first-order valence-corrected chi connectivity index (χ1v) is 4.70. The van der Waals surface area contributed by atoms with Crippen LogP contribution in [0.3, 0.4) is 0 Å². The van der Waals surface area contributed by atoms with Gasteiger partial charge in [-0.1, -0.05) is 11.6 Å². The average molecular weight is 247 g/mol. The van der Waals surface area contributed by atoms with Crippen LogP contribution in [-0.2, 0) is 4.79 Å². The van der Waals surface area contributed by atoms with Gasteiger partial charge >= 0.3 is 0 Å². The average Bonchev–Trinajstić information content (AvgIpc) is 2.26. The number of pyridine rings is 1. The molecule has 0 saturated carbocycles. The molecular weight excluding hydrogens is 236 g/mol. The molecule has 7 heteroatoms. The fourth-order valence-corrected chi connectivity index (χ4v) is 1.32. The Hall–Kier alpha value is -1.37. The lowest BCUT2D eigenvalue weighted by molar-refractivity contribution is -0.132. The number of ether oxygens (including phenoxy) is 1. The second kappa shape index (κ2) is 5.11. The number of aliphatic hydroxyl groups is 2. The van der Waals surface area contributed by atoms with E-state index in [1.165, 1.54) is 19.4 Å². The smallest absolute Gasteiger partial charge is 0.249 e. The lowest BCUT2D eigenvalue weighted by Gasteiger charge is -2.17. The van der Waals surface area contributed by atoms with E-state index in [0.29, 0.717) is 0 Å². The van der Waals surface area contributed by atoms with Crippen molar-refractivity contribution in [1.82, 2.24) is 4.98 Å². The normalized spacial score (nSPS) is 14.2. The number of amides is 1. The number of nitrogens with zero attached hydrogens (tertiary/aromatic N) is 1. The molecule has 88 valence electrons. The van der Waals surface area contributed by atoms with Gasteiger partial charge in [0.15, 0.2) is 6.10 Å². The zero-order chi connectivity index (χ0) is 12.3. The number of aromatic nitrogens is 1. The Morgan fingerprint density at radius 3 is 2.75 bits per heavy atom. The maximum absolute atomic E-state index is 10.7. The van der Waals surface area contributed by atoms with Gasteiger partial charge in [-0.25, -0.2) is 4.98 Å². The van der Waals surface area contributed by atoms with Crippen molar-refractivity contribution in [2.24, 2.45) is 5.73 Å². The van der Waals surface area contributed by atoms with Gasteiger partial charge in [0.1, 0.15) is 6.10 Å². The summed E-state index contributed by atoms with van der Waals surface area (Å²) >= 11 is 5.68. The van der Waals surface area contributed by atoms with E-state index in [1.54, 1.807) is 0 Å². The van der Waals surface area contributed by atoms with E-state index in [9.17, 15) is 15.0 Å². The highest BCUT2D eigenvalue weighted by Crippen LogP contribution is 2.27. The van der Waals surface area contributed by atoms with Crippen LogP contribution in [0.4, 0.5) is 0 Å². The highest BCUT2D eigenvalue weighted by Gasteiger charge is 2.27. The molecule has 0 aliphatic heterocycles. The molecule has 0 aromatic carbocycles. The summed E-state index contributed by atoms with van der Waals surface area (Å²) in [6.07, 6.45) is -1.96. The van der Waals surface area contributed by atoms with Crippen LogP contribution in [0, 0.1) is 0 Å². The van der Waals surface area contributed by atoms with Crippen LogP contribution in [0.5, 0.6) is 5.88 Å². The largest absolute Gasteiger partial charge is 0.481 e. The van der Waals surface area contributed by atoms with Gasteiger partial charge in [0.25, 0.3) is 0 Å². The maximum atomic E-state index is 10.7. The molecule has 1 amide bonds. The van der Waals surface area contributed by atoms with E-state index in [0.717, 1.165) is 0 Å². The van der Waals surface area contributed by atoms with Crippen LogP contribution >= 0.6 is 11.6 Å². The zero-order valence-electron chi connectivity index (χ0n) is 8.42. The summed E-state index contributed by atoms with van der Waals surface area (Å²) in [6, 6.07) is 1.34. The van der Waals surface area contributed by atoms with Crippen molar-refractivity contribution in [3.8, 4) is 5.88 Å². The summed E-state index contributed by atoms with van der Waals surface area (Å²) in [4.78, 5) is 14.5. The first kappa shape index (κ1) is 12.7. The summed E-state index contributed by atoms with van der Waals surface area (Å²) in [6.45, 7) is 0. The first-order chi connectivity index (χ1) is 7.47. The number of halogens is 1. The summed E-state index contributed by atoms with van der Waals surface area (Å²) in [5, 5.41) is 19.2. The van der Waals surface area contributed by atoms with Gasteiger partial charge < -0.3 is 20.7 Å². The summed E-state index contributed by atoms with van der Waals surface area (Å²) in [7, 11) is 1.34. The van der Waals surface area contributed by atoms with E-state index in [-0.39, 0.29) is 16.5 Å². The van der Waals surface area contributed by atoms with Crippen molar-refractivity contribution in [3.05, 3.63) is 22.8 Å². The number of carbonyl (C=O) groups is 1. The lowest BCUT2D eigenvalue weighted by atomic mass is 10.1. The van der Waals surface area contributed by atoms with Gasteiger partial charge in [-0.05, 0) is 6.07 Å². The van der Waals surface area contributed by atoms with Crippen LogP contribution in [0.25, 0.3) is 0 Å². The van der Waals surface area contributed by atoms with Crippen LogP contribution in [0.2, 0.25) is 5.02 Å². The molecule has 2 unspecified atom stereocenters. The molecule has 0 saturated heterocycles. The van der Waals surface area contributed by atoms with Crippen LogP contribution in [-0.4, -0.2) is 34.3 Å². The molecule has 0 fully saturated rings. The van der Waals surface area contributed by atoms with E-state index in [4.69, 9.17) is 22.1 Å². The fraction of sp³-hybridized carbons (Fsp3) is 0.333. The number of primary amides is 1. The highest BCUT2D eigenvalue weighted by atomic mass is 35.5. The number of carbonyl (C=O) groups excluding carboxylic acids is 1. The Kier molecular flexibility index (Phi) is 4.05. The molecule has 0 aliphatic carbocycles. The highest BCUT2D eigenvalue weighted by molar-refractivity contribution is 6.30. The monoisotopic (exact) mass is 246 g/mol. The number of methoxy groups -OCH3 is 1. The summed E-state index contributed by atoms with van der Waals surface area (Å²) in [5.74, 6) is -0.980. The van der Waals surface area contributed by atoms with Gasteiger partial charge in [-0.2, -0.15) is 0 Å². The Balaban J connectivity index is 3.10. The molecule has 2 atom stereocenters. The Bertz CT molecular complexity index is 399. The molecule has 16 heavy (non-hydrogen) atoms. The molecule has 4 N–H and O–H groups in total. The van der Waals surface area contributed by atoms with Crippen LogP contribution in [0.15, 0.2) is 12.3 Å². The molecule has 1 heterocycles. The number of hydrogen-bond donors (Lipinski definition) is 3. The third-order valence-corrected chi connectivity index (χ3v) is 2.15. The Morgan fingerprint density at radius 1 is 1.62 bits per heavy atom. The quantitative estimate of drug-likeness (QED) is 0.672. The number of rotatable bonds is 4. The molecule has 0 bridgehead atoms. The van der Waals surface area contributed by atoms with E-state index < -0.39 is 18.1 Å². The fourth-order valence-electron chi connectivity index (χ4n) is 1.15. The minimum absolute atomic E-state index is 0.0669. The topological polar surface area (TPSA) is 106 Å². The van der Waals surface area contributed by atoms with Gasteiger partial charge in [0, 0.05) is 11.8 Å². The molecule has 0 aliphatic rings. The number of aliphatic hydroxyl groups excluding tert-OH is 2. The minimum Gasteiger partial charge on any atom is -0.481 e. The predicted octanol–water partition coefficient (Wildman–Crippen LogP) is -0.377. The van der Waals surface area contributed by atoms with Gasteiger partial charge in [0.05, 0.1) is 12.1 Å². The third-order valence-electron chi connectivity index (χ3n) is 1.95. The van der Waals surface area contributed by atoms with Gasteiger partial charge in [0.2, 0.25) is 11.8 Å². The van der Waals surface area contributed by atoms with Crippen molar-refractivity contribution >= 4 is 17.5 Å². The summed E-state index contributed by atoms with van der Waals surface area (Å²) in [5.41, 5.74) is 4.96. The second-order valence-electron chi connectivity index (χ2n) is 3.04. The van der Waals surface area contributed by atoms with E-state index in [1.807, 2.05) is 0 Å². The Morgan fingerprint density at radius 2 is 2.25 bits per heavy atom. The van der Waals surface area contributed by atoms with Crippen molar-refractivity contribution in [1.29, 1.82) is 0 Å². The van der Waals surface area contributed by atoms with E-state index >= 15 is 0 Å². The standard InChI is InChI=1S/C9H11ClN2O4/c1-16-9-5(2-4(10)3-12-9)6(13)7(14)8(11)15/h2-3,6-7,13-14H,1H3,(H2,11,15). The van der Waals surface area contributed by atoms with Crippen molar-refractivity contribution in [3.63, 3.8) is 0 Å². The van der Waals surface area contributed by atoms with Gasteiger partial charge in [-0.15, -0.1) is 0 Å².